The van der Waals surface area contributed by atoms with Crippen molar-refractivity contribution in [2.75, 3.05) is 5.43 Å². The second-order valence-electron chi connectivity index (χ2n) is 4.76. The summed E-state index contributed by atoms with van der Waals surface area (Å²) in [5.74, 6) is 6.68. The highest BCUT2D eigenvalue weighted by Crippen LogP contribution is 2.29. The fourth-order valence-electron chi connectivity index (χ4n) is 2.12. The van der Waals surface area contributed by atoms with Crippen molar-refractivity contribution in [3.8, 4) is 11.5 Å². The van der Waals surface area contributed by atoms with Crippen LogP contribution in [0.25, 0.3) is 22.4 Å². The molecule has 0 radical (unpaired) electrons. The summed E-state index contributed by atoms with van der Waals surface area (Å²) >= 11 is 3.55. The molecule has 0 unspecified atom stereocenters. The van der Waals surface area contributed by atoms with Gasteiger partial charge in [-0.15, -0.1) is 0 Å². The number of nitrogen functional groups attached to an aromatic ring is 1. The van der Waals surface area contributed by atoms with Crippen LogP contribution in [0.15, 0.2) is 34.8 Å². The second kappa shape index (κ2) is 5.38. The van der Waals surface area contributed by atoms with E-state index in [1.165, 1.54) is 0 Å². The Kier molecular flexibility index (Phi) is 3.57. The zero-order valence-corrected chi connectivity index (χ0v) is 13.3. The Morgan fingerprint density at radius 2 is 1.86 bits per heavy atom. The number of benzene rings is 1. The van der Waals surface area contributed by atoms with Gasteiger partial charge in [-0.2, -0.15) is 0 Å². The molecule has 0 saturated carbocycles. The van der Waals surface area contributed by atoms with E-state index in [1.54, 1.807) is 0 Å². The molecule has 0 bridgehead atoms. The zero-order chi connectivity index (χ0) is 15.0. The minimum absolute atomic E-state index is 0.545. The molecule has 0 saturated heterocycles. The number of pyridine rings is 1. The van der Waals surface area contributed by atoms with Crippen molar-refractivity contribution >= 4 is 32.7 Å². The number of nitrogens with two attached hydrogens (primary N) is 1. The van der Waals surface area contributed by atoms with Crippen molar-refractivity contribution in [3.05, 3.63) is 46.1 Å². The van der Waals surface area contributed by atoms with E-state index in [9.17, 15) is 0 Å². The molecule has 1 aromatic carbocycles. The highest BCUT2D eigenvalue weighted by Gasteiger charge is 2.13. The number of aryl methyl sites for hydroxylation is 1. The second-order valence-corrected chi connectivity index (χ2v) is 5.62. The molecule has 3 aromatic rings. The summed E-state index contributed by atoms with van der Waals surface area (Å²) < 4.78 is 0.854. The van der Waals surface area contributed by atoms with E-state index < -0.39 is 0 Å². The summed E-state index contributed by atoms with van der Waals surface area (Å²) in [7, 11) is 0. The Bertz CT molecular complexity index is 832. The predicted molar refractivity (Wildman–Crippen MR) is 87.8 cm³/mol. The van der Waals surface area contributed by atoms with Gasteiger partial charge < -0.3 is 5.43 Å². The zero-order valence-electron chi connectivity index (χ0n) is 11.7. The first kappa shape index (κ1) is 13.9. The van der Waals surface area contributed by atoms with Crippen molar-refractivity contribution in [2.45, 2.75) is 13.8 Å². The fraction of sp³-hybridized carbons (Fsp3) is 0.133. The first-order valence-electron chi connectivity index (χ1n) is 6.47. The lowest BCUT2D eigenvalue weighted by atomic mass is 10.2. The Morgan fingerprint density at radius 3 is 2.62 bits per heavy atom. The molecule has 0 atom stereocenters. The van der Waals surface area contributed by atoms with Gasteiger partial charge in [0.15, 0.2) is 5.82 Å². The number of rotatable bonds is 2. The third kappa shape index (κ3) is 2.48. The minimum Gasteiger partial charge on any atom is -0.308 e. The molecule has 0 fully saturated rings. The third-order valence-corrected chi connectivity index (χ3v) is 4.02. The lowest BCUT2D eigenvalue weighted by Crippen LogP contribution is -2.12. The van der Waals surface area contributed by atoms with E-state index in [2.05, 4.69) is 36.3 Å². The van der Waals surface area contributed by atoms with Crippen LogP contribution < -0.4 is 11.3 Å². The number of nitrogens with one attached hydrogen (secondary N) is 1. The average molecular weight is 344 g/mol. The molecule has 3 rings (SSSR count). The van der Waals surface area contributed by atoms with Crippen LogP contribution in [0.2, 0.25) is 0 Å². The van der Waals surface area contributed by atoms with E-state index >= 15 is 0 Å². The van der Waals surface area contributed by atoms with Gasteiger partial charge in [-0.1, -0.05) is 18.2 Å². The van der Waals surface area contributed by atoms with Crippen molar-refractivity contribution in [3.63, 3.8) is 0 Å². The molecule has 0 aliphatic rings. The number of hydrogen-bond donors (Lipinski definition) is 2. The fourth-order valence-corrected chi connectivity index (χ4v) is 2.63. The lowest BCUT2D eigenvalue weighted by Gasteiger charge is -2.10. The minimum atomic E-state index is 0.545. The first-order valence-corrected chi connectivity index (χ1v) is 7.27. The van der Waals surface area contributed by atoms with E-state index in [-0.39, 0.29) is 0 Å². The molecule has 3 N–H and O–H groups in total. The summed E-state index contributed by atoms with van der Waals surface area (Å²) in [5, 5.41) is 1.06. The molecule has 0 amide bonds. The number of nitrogens with zero attached hydrogens (tertiary/aromatic N) is 3. The normalized spacial score (nSPS) is 10.9. The number of hydrogen-bond acceptors (Lipinski definition) is 5. The summed E-state index contributed by atoms with van der Waals surface area (Å²) in [6.45, 7) is 3.85. The predicted octanol–water partition coefficient (Wildman–Crippen LogP) is 3.36. The number of aromatic nitrogens is 3. The van der Waals surface area contributed by atoms with E-state index in [0.717, 1.165) is 26.6 Å². The molecule has 2 aromatic heterocycles. The highest BCUT2D eigenvalue weighted by molar-refractivity contribution is 9.10. The average Bonchev–Trinajstić information content (AvgIpc) is 2.49. The maximum absolute atomic E-state index is 5.52. The summed E-state index contributed by atoms with van der Waals surface area (Å²) in [4.78, 5) is 13.6. The Labute approximate surface area is 130 Å². The molecule has 6 heteroatoms. The SMILES string of the molecule is Cc1nc(-c2nc3ccccc3cc2Br)nc(NN)c1C. The standard InChI is InChI=1S/C15H14BrN5/c1-8-9(2)18-15(20-14(8)21-17)13-11(16)7-10-5-3-4-6-12(10)19-13/h3-7H,17H2,1-2H3,(H,18,20,21). The molecule has 106 valence electrons. The van der Waals surface area contributed by atoms with Crippen LogP contribution in [0.3, 0.4) is 0 Å². The molecule has 2 heterocycles. The van der Waals surface area contributed by atoms with Crippen LogP contribution in [0.5, 0.6) is 0 Å². The molecular formula is C15H14BrN5. The quantitative estimate of drug-likeness (QED) is 0.551. The summed E-state index contributed by atoms with van der Waals surface area (Å²) in [6.07, 6.45) is 0. The topological polar surface area (TPSA) is 76.7 Å². The summed E-state index contributed by atoms with van der Waals surface area (Å²) in [5.41, 5.74) is 6.01. The van der Waals surface area contributed by atoms with Gasteiger partial charge in [0.2, 0.25) is 0 Å². The van der Waals surface area contributed by atoms with Gasteiger partial charge in [0.1, 0.15) is 11.5 Å². The number of para-hydroxylation sites is 1. The maximum atomic E-state index is 5.52. The molecule has 21 heavy (non-hydrogen) atoms. The molecule has 5 nitrogen and oxygen atoms in total. The molecule has 0 aliphatic carbocycles. The number of anilines is 1. The van der Waals surface area contributed by atoms with Crippen LogP contribution >= 0.6 is 15.9 Å². The Balaban J connectivity index is 2.25. The smallest absolute Gasteiger partial charge is 0.181 e. The van der Waals surface area contributed by atoms with Gasteiger partial charge in [0, 0.05) is 21.1 Å². The summed E-state index contributed by atoms with van der Waals surface area (Å²) in [6, 6.07) is 9.95. The van der Waals surface area contributed by atoms with Gasteiger partial charge in [-0.25, -0.2) is 20.8 Å². The molecule has 0 aliphatic heterocycles. The maximum Gasteiger partial charge on any atom is 0.181 e. The van der Waals surface area contributed by atoms with E-state index in [1.807, 2.05) is 44.2 Å². The highest BCUT2D eigenvalue weighted by atomic mass is 79.9. The first-order chi connectivity index (χ1) is 10.1. The monoisotopic (exact) mass is 343 g/mol. The van der Waals surface area contributed by atoms with Gasteiger partial charge in [-0.3, -0.25) is 0 Å². The lowest BCUT2D eigenvalue weighted by molar-refractivity contribution is 1.05. The van der Waals surface area contributed by atoms with Gasteiger partial charge in [0.05, 0.1) is 5.52 Å². The largest absolute Gasteiger partial charge is 0.308 e. The van der Waals surface area contributed by atoms with Crippen LogP contribution in [0.4, 0.5) is 5.82 Å². The van der Waals surface area contributed by atoms with E-state index in [0.29, 0.717) is 17.3 Å². The number of halogens is 1. The molecular weight excluding hydrogens is 330 g/mol. The van der Waals surface area contributed by atoms with Crippen LogP contribution in [0, 0.1) is 13.8 Å². The van der Waals surface area contributed by atoms with Gasteiger partial charge in [0.25, 0.3) is 0 Å². The van der Waals surface area contributed by atoms with Crippen LogP contribution in [0.1, 0.15) is 11.3 Å². The Morgan fingerprint density at radius 1 is 1.10 bits per heavy atom. The Hall–Kier alpha value is -2.05. The number of hydrazine groups is 1. The van der Waals surface area contributed by atoms with Crippen molar-refractivity contribution in [2.24, 2.45) is 5.84 Å². The molecule has 0 spiro atoms. The van der Waals surface area contributed by atoms with Gasteiger partial charge >= 0.3 is 0 Å². The third-order valence-electron chi connectivity index (χ3n) is 3.42. The van der Waals surface area contributed by atoms with Crippen molar-refractivity contribution in [1.82, 2.24) is 15.0 Å². The van der Waals surface area contributed by atoms with Crippen LogP contribution in [-0.4, -0.2) is 15.0 Å². The van der Waals surface area contributed by atoms with Crippen molar-refractivity contribution < 1.29 is 0 Å². The van der Waals surface area contributed by atoms with Crippen molar-refractivity contribution in [1.29, 1.82) is 0 Å². The number of fused-ring (bicyclic) bond motifs is 1. The van der Waals surface area contributed by atoms with E-state index in [4.69, 9.17) is 5.84 Å². The van der Waals surface area contributed by atoms with Crippen LogP contribution in [-0.2, 0) is 0 Å². The van der Waals surface area contributed by atoms with Gasteiger partial charge in [-0.05, 0) is 41.9 Å².